The summed E-state index contributed by atoms with van der Waals surface area (Å²) in [5.74, 6) is 0.375. The van der Waals surface area contributed by atoms with Crippen LogP contribution in [0.15, 0.2) is 73.0 Å². The number of rotatable bonds is 2. The van der Waals surface area contributed by atoms with Crippen molar-refractivity contribution < 1.29 is 0 Å². The van der Waals surface area contributed by atoms with Crippen LogP contribution in [0.3, 0.4) is 0 Å². The van der Waals surface area contributed by atoms with Gasteiger partial charge in [0.1, 0.15) is 4.60 Å². The Morgan fingerprint density at radius 3 is 2.47 bits per heavy atom. The molecule has 0 amide bonds. The molecule has 2 aromatic rings. The van der Waals surface area contributed by atoms with Crippen LogP contribution in [0.4, 0.5) is 0 Å². The summed E-state index contributed by atoms with van der Waals surface area (Å²) in [5, 5.41) is 1.60. The molecule has 0 radical (unpaired) electrons. The van der Waals surface area contributed by atoms with E-state index in [1.54, 1.807) is 5.20 Å². The van der Waals surface area contributed by atoms with Gasteiger partial charge in [0, 0.05) is 15.9 Å². The Bertz CT molecular complexity index is 1230. The van der Waals surface area contributed by atoms with E-state index in [9.17, 15) is 0 Å². The first kappa shape index (κ1) is 20.4. The van der Waals surface area contributed by atoms with E-state index in [0.29, 0.717) is 11.5 Å². The summed E-state index contributed by atoms with van der Waals surface area (Å²) in [6.07, 6.45) is 7.19. The number of hydrogen-bond donors (Lipinski definition) is 0. The number of hydrogen-bond acceptors (Lipinski definition) is 1. The van der Waals surface area contributed by atoms with Crippen LogP contribution in [0.5, 0.6) is 0 Å². The van der Waals surface area contributed by atoms with Gasteiger partial charge in [-0.05, 0) is 81.0 Å². The van der Waals surface area contributed by atoms with E-state index < -0.39 is 8.07 Å². The molecule has 0 fully saturated rings. The van der Waals surface area contributed by atoms with Gasteiger partial charge in [-0.2, -0.15) is 0 Å². The fourth-order valence-corrected chi connectivity index (χ4v) is 11.3. The molecule has 0 aliphatic heterocycles. The van der Waals surface area contributed by atoms with Crippen molar-refractivity contribution in [3.05, 3.63) is 95.4 Å². The molecular weight excluding hydrogens is 514 g/mol. The summed E-state index contributed by atoms with van der Waals surface area (Å²) in [4.78, 5) is 4.81. The number of pyridine rings is 1. The zero-order valence-corrected chi connectivity index (χ0v) is 22.1. The van der Waals surface area contributed by atoms with Crippen LogP contribution in [-0.4, -0.2) is 13.1 Å². The highest BCUT2D eigenvalue weighted by atomic mass is 79.9. The van der Waals surface area contributed by atoms with Gasteiger partial charge in [-0.3, -0.25) is 0 Å². The van der Waals surface area contributed by atoms with Crippen LogP contribution in [0.1, 0.15) is 54.6 Å². The third-order valence-corrected chi connectivity index (χ3v) is 12.4. The molecule has 0 saturated heterocycles. The topological polar surface area (TPSA) is 12.9 Å². The summed E-state index contributed by atoms with van der Waals surface area (Å²) < 4.78 is 2.11. The fourth-order valence-electron chi connectivity index (χ4n) is 5.97. The van der Waals surface area contributed by atoms with Crippen molar-refractivity contribution in [2.24, 2.45) is 0 Å². The van der Waals surface area contributed by atoms with Crippen LogP contribution >= 0.6 is 31.9 Å². The molecule has 0 spiro atoms. The molecule has 2 atom stereocenters. The number of fused-ring (bicyclic) bond motifs is 3. The first-order valence-corrected chi connectivity index (χ1v) is 15.1. The summed E-state index contributed by atoms with van der Waals surface area (Å²) in [6, 6.07) is 11.0. The SMILES string of the molecule is CC1=Cc2c(Br)cccc2C1[Si](C)(C)C1=C(C)C=C2C1=Cc1nc(Br)ccc1C2C. The van der Waals surface area contributed by atoms with Gasteiger partial charge in [-0.1, -0.05) is 77.4 Å². The molecule has 0 saturated carbocycles. The van der Waals surface area contributed by atoms with E-state index >= 15 is 0 Å². The first-order valence-electron chi connectivity index (χ1n) is 10.5. The molecule has 30 heavy (non-hydrogen) atoms. The minimum absolute atomic E-state index is 0.375. The molecule has 1 aromatic heterocycles. The largest absolute Gasteiger partial charge is 0.241 e. The molecule has 5 rings (SSSR count). The van der Waals surface area contributed by atoms with Gasteiger partial charge in [-0.15, -0.1) is 0 Å². The Morgan fingerprint density at radius 2 is 1.70 bits per heavy atom. The molecule has 4 heteroatoms. The van der Waals surface area contributed by atoms with Crippen molar-refractivity contribution in [3.8, 4) is 0 Å². The number of halogens is 2. The van der Waals surface area contributed by atoms with Crippen molar-refractivity contribution in [1.29, 1.82) is 0 Å². The van der Waals surface area contributed by atoms with Crippen LogP contribution < -0.4 is 0 Å². The smallest absolute Gasteiger partial charge is 0.106 e. The average Bonchev–Trinajstić information content (AvgIpc) is 3.19. The third-order valence-electron chi connectivity index (χ3n) is 7.08. The quantitative estimate of drug-likeness (QED) is 0.276. The second kappa shape index (κ2) is 7.01. The minimum atomic E-state index is -1.88. The molecule has 3 aliphatic rings. The van der Waals surface area contributed by atoms with Gasteiger partial charge in [0.05, 0.1) is 13.8 Å². The first-order chi connectivity index (χ1) is 14.2. The van der Waals surface area contributed by atoms with Crippen LogP contribution in [0.2, 0.25) is 13.1 Å². The van der Waals surface area contributed by atoms with Crippen molar-refractivity contribution in [2.45, 2.75) is 45.3 Å². The lowest BCUT2D eigenvalue weighted by atomic mass is 9.83. The fraction of sp³-hybridized carbons (Fsp3) is 0.269. The molecule has 3 aliphatic carbocycles. The van der Waals surface area contributed by atoms with Gasteiger partial charge in [0.15, 0.2) is 0 Å². The number of benzene rings is 1. The lowest BCUT2D eigenvalue weighted by Crippen LogP contribution is -2.39. The van der Waals surface area contributed by atoms with Gasteiger partial charge in [-0.25, -0.2) is 4.98 Å². The van der Waals surface area contributed by atoms with Crippen LogP contribution in [0.25, 0.3) is 12.2 Å². The normalized spacial score (nSPS) is 22.3. The molecule has 0 N–H and O–H groups in total. The minimum Gasteiger partial charge on any atom is -0.241 e. The predicted octanol–water partition coefficient (Wildman–Crippen LogP) is 8.35. The Labute approximate surface area is 197 Å². The maximum Gasteiger partial charge on any atom is 0.106 e. The number of aromatic nitrogens is 1. The van der Waals surface area contributed by atoms with Gasteiger partial charge >= 0.3 is 0 Å². The van der Waals surface area contributed by atoms with Gasteiger partial charge < -0.3 is 0 Å². The van der Waals surface area contributed by atoms with Crippen molar-refractivity contribution in [3.63, 3.8) is 0 Å². The van der Waals surface area contributed by atoms with E-state index in [2.05, 4.69) is 114 Å². The zero-order valence-electron chi connectivity index (χ0n) is 18.0. The van der Waals surface area contributed by atoms with E-state index in [-0.39, 0.29) is 0 Å². The average molecular weight is 539 g/mol. The molecule has 152 valence electrons. The lowest BCUT2D eigenvalue weighted by Gasteiger charge is -2.37. The summed E-state index contributed by atoms with van der Waals surface area (Å²) >= 11 is 7.34. The zero-order chi connectivity index (χ0) is 21.4. The maximum atomic E-state index is 4.81. The van der Waals surface area contributed by atoms with Crippen LogP contribution in [-0.2, 0) is 0 Å². The second-order valence-corrected chi connectivity index (χ2v) is 15.5. The van der Waals surface area contributed by atoms with Crippen LogP contribution in [0, 0.1) is 0 Å². The summed E-state index contributed by atoms with van der Waals surface area (Å²) in [6.45, 7) is 12.1. The second-order valence-electron chi connectivity index (χ2n) is 9.33. The highest BCUT2D eigenvalue weighted by Gasteiger charge is 2.45. The van der Waals surface area contributed by atoms with Crippen molar-refractivity contribution in [2.75, 3.05) is 0 Å². The van der Waals surface area contributed by atoms with Crippen molar-refractivity contribution >= 4 is 52.1 Å². The highest BCUT2D eigenvalue weighted by molar-refractivity contribution is 9.10. The monoisotopic (exact) mass is 537 g/mol. The van der Waals surface area contributed by atoms with Gasteiger partial charge in [0.25, 0.3) is 0 Å². The lowest BCUT2D eigenvalue weighted by molar-refractivity contribution is 0.883. The molecule has 2 unspecified atom stereocenters. The Hall–Kier alpha value is -1.49. The number of nitrogens with zero attached hydrogens (tertiary/aromatic N) is 1. The summed E-state index contributed by atoms with van der Waals surface area (Å²) in [5.41, 5.74) is 11.6. The third kappa shape index (κ3) is 2.87. The van der Waals surface area contributed by atoms with E-state index in [4.69, 9.17) is 4.98 Å². The maximum absolute atomic E-state index is 4.81. The predicted molar refractivity (Wildman–Crippen MR) is 137 cm³/mol. The molecule has 1 aromatic carbocycles. The highest BCUT2D eigenvalue weighted by Crippen LogP contribution is 2.53. The Kier molecular flexibility index (Phi) is 4.77. The Balaban J connectivity index is 1.66. The molecule has 1 heterocycles. The molecule has 1 nitrogen and oxygen atoms in total. The van der Waals surface area contributed by atoms with Gasteiger partial charge in [0.2, 0.25) is 0 Å². The summed E-state index contributed by atoms with van der Waals surface area (Å²) in [7, 11) is -1.88. The standard InChI is InChI=1S/C26H25Br2NSi/c1-14-11-19-16(3)17-9-10-24(28)29-23(17)13-21(19)26(14)30(4,5)25-15(2)12-20-18(25)7-6-8-22(20)27/h6-13,16,25H,1-5H3. The molecular formula is C26H25Br2NSi. The van der Waals surface area contributed by atoms with E-state index in [0.717, 1.165) is 10.3 Å². The van der Waals surface area contributed by atoms with Crippen molar-refractivity contribution in [1.82, 2.24) is 4.98 Å². The Morgan fingerprint density at radius 1 is 0.933 bits per heavy atom. The van der Waals surface area contributed by atoms with E-state index in [1.807, 2.05) is 0 Å². The van der Waals surface area contributed by atoms with E-state index in [1.165, 1.54) is 43.5 Å². The number of allylic oxidation sites excluding steroid dienone is 6. The molecule has 0 bridgehead atoms.